The Hall–Kier alpha value is -5.87. The fourth-order valence-corrected chi connectivity index (χ4v) is 4.92. The van der Waals surface area contributed by atoms with Crippen LogP contribution in [0.2, 0.25) is 0 Å². The molecular formula is C31H27F6N9O2. The summed E-state index contributed by atoms with van der Waals surface area (Å²) in [4.78, 5) is 34.8. The molecule has 1 aromatic heterocycles. The van der Waals surface area contributed by atoms with Crippen LogP contribution in [0, 0.1) is 5.41 Å². The second-order valence-corrected chi connectivity index (χ2v) is 10.7. The van der Waals surface area contributed by atoms with Crippen molar-refractivity contribution in [3.05, 3.63) is 101 Å². The molecule has 1 unspecified atom stereocenters. The Kier molecular flexibility index (Phi) is 9.40. The van der Waals surface area contributed by atoms with Gasteiger partial charge in [0.25, 0.3) is 0 Å². The molecule has 250 valence electrons. The van der Waals surface area contributed by atoms with Crippen LogP contribution in [0.4, 0.5) is 64.6 Å². The van der Waals surface area contributed by atoms with Crippen LogP contribution >= 0.6 is 0 Å². The molecule has 0 radical (unpaired) electrons. The zero-order valence-electron chi connectivity index (χ0n) is 24.7. The van der Waals surface area contributed by atoms with E-state index < -0.39 is 35.5 Å². The fourth-order valence-electron chi connectivity index (χ4n) is 4.92. The maximum Gasteiger partial charge on any atom is 0.416 e. The lowest BCUT2D eigenvalue weighted by Crippen LogP contribution is -2.35. The summed E-state index contributed by atoms with van der Waals surface area (Å²) in [5, 5.41) is 19.3. The van der Waals surface area contributed by atoms with Gasteiger partial charge in [0.1, 0.15) is 18.0 Å². The number of alkyl halides is 6. The molecule has 0 spiro atoms. The first-order valence-electron chi connectivity index (χ1n) is 14.2. The number of carbonyl (C=O) groups excluding carboxylic acids is 2. The average Bonchev–Trinajstić information content (AvgIpc) is 3.49. The highest BCUT2D eigenvalue weighted by molar-refractivity contribution is 6.16. The third-order valence-corrected chi connectivity index (χ3v) is 7.26. The molecule has 17 heteroatoms. The van der Waals surface area contributed by atoms with Crippen molar-refractivity contribution in [1.82, 2.24) is 14.9 Å². The number of rotatable bonds is 7. The summed E-state index contributed by atoms with van der Waals surface area (Å²) in [5.74, 6) is 0.220. The van der Waals surface area contributed by atoms with E-state index in [2.05, 4.69) is 31.2 Å². The first kappa shape index (κ1) is 33.5. The molecule has 0 bridgehead atoms. The molecule has 4 aromatic rings. The second-order valence-electron chi connectivity index (χ2n) is 10.7. The third kappa shape index (κ3) is 8.09. The van der Waals surface area contributed by atoms with Gasteiger partial charge in [0, 0.05) is 41.8 Å². The van der Waals surface area contributed by atoms with Crippen molar-refractivity contribution in [2.24, 2.45) is 0 Å². The topological polar surface area (TPSA) is 161 Å². The second kappa shape index (κ2) is 13.5. The molecule has 11 nitrogen and oxygen atoms in total. The number of nitrogens with two attached hydrogens (primary N) is 1. The lowest BCUT2D eigenvalue weighted by molar-refractivity contribution is -0.138. The van der Waals surface area contributed by atoms with Gasteiger partial charge in [-0.2, -0.15) is 26.3 Å². The zero-order valence-corrected chi connectivity index (χ0v) is 24.7. The Morgan fingerprint density at radius 2 is 1.40 bits per heavy atom. The Labute approximate surface area is 269 Å². The Bertz CT molecular complexity index is 1830. The van der Waals surface area contributed by atoms with Crippen LogP contribution in [0.15, 0.2) is 79.1 Å². The molecule has 1 atom stereocenters. The van der Waals surface area contributed by atoms with Gasteiger partial charge in [-0.15, -0.1) is 0 Å². The van der Waals surface area contributed by atoms with Gasteiger partial charge in [-0.25, -0.2) is 19.6 Å². The SMILES string of the molecule is N=C(c1ccc(NC(=O)Nc2cccc(C(F)(F)F)c2)cc1)c1c(N)ncnc1NC1CCN(C(=O)Nc2cccc(C(F)(F)F)c2)C1. The van der Waals surface area contributed by atoms with Crippen LogP contribution in [0.25, 0.3) is 0 Å². The third-order valence-electron chi connectivity index (χ3n) is 7.26. The lowest BCUT2D eigenvalue weighted by atomic mass is 10.0. The number of aromatic nitrogens is 2. The van der Waals surface area contributed by atoms with E-state index in [-0.39, 0.29) is 46.9 Å². The predicted octanol–water partition coefficient (Wildman–Crippen LogP) is 6.87. The number of nitrogen functional groups attached to an aromatic ring is 1. The molecule has 5 rings (SSSR count). The van der Waals surface area contributed by atoms with Gasteiger partial charge in [-0.3, -0.25) is 5.41 Å². The van der Waals surface area contributed by atoms with Crippen LogP contribution in [-0.4, -0.2) is 51.8 Å². The minimum atomic E-state index is -4.57. The molecule has 0 saturated carbocycles. The molecule has 1 saturated heterocycles. The molecule has 0 aliphatic carbocycles. The Balaban J connectivity index is 1.21. The Morgan fingerprint density at radius 3 is 2.00 bits per heavy atom. The van der Waals surface area contributed by atoms with Crippen LogP contribution in [0.5, 0.6) is 0 Å². The first-order valence-corrected chi connectivity index (χ1v) is 14.2. The number of hydrogen-bond donors (Lipinski definition) is 6. The first-order chi connectivity index (χ1) is 22.7. The summed E-state index contributed by atoms with van der Waals surface area (Å²) in [6.07, 6.45) is -7.45. The van der Waals surface area contributed by atoms with E-state index in [0.29, 0.717) is 24.2 Å². The van der Waals surface area contributed by atoms with Gasteiger partial charge in [-0.05, 0) is 55.0 Å². The van der Waals surface area contributed by atoms with Crippen molar-refractivity contribution in [2.75, 3.05) is 40.1 Å². The van der Waals surface area contributed by atoms with E-state index in [9.17, 15) is 35.9 Å². The van der Waals surface area contributed by atoms with Crippen LogP contribution in [0.1, 0.15) is 28.7 Å². The minimum absolute atomic E-state index is 0.00249. The number of benzene rings is 3. The van der Waals surface area contributed by atoms with Crippen molar-refractivity contribution < 1.29 is 35.9 Å². The molecule has 48 heavy (non-hydrogen) atoms. The number of carbonyl (C=O) groups is 2. The van der Waals surface area contributed by atoms with Gasteiger partial charge >= 0.3 is 24.4 Å². The normalized spacial score (nSPS) is 14.7. The van der Waals surface area contributed by atoms with Crippen LogP contribution in [-0.2, 0) is 12.4 Å². The predicted molar refractivity (Wildman–Crippen MR) is 167 cm³/mol. The number of nitrogens with one attached hydrogen (secondary N) is 5. The van der Waals surface area contributed by atoms with Gasteiger partial charge < -0.3 is 31.9 Å². The highest BCUT2D eigenvalue weighted by Crippen LogP contribution is 2.32. The van der Waals surface area contributed by atoms with Crippen molar-refractivity contribution in [2.45, 2.75) is 24.8 Å². The van der Waals surface area contributed by atoms with Gasteiger partial charge in [0.2, 0.25) is 0 Å². The standard InChI is InChI=1S/C31H27F6N9O2/c32-30(33,34)18-3-1-5-21(13-18)44-28(47)43-20-9-7-17(8-10-20)25(38)24-26(39)40-16-41-27(24)42-23-11-12-46(15-23)29(48)45-22-6-2-4-19(14-22)31(35,36)37/h1-10,13-14,16,23,38H,11-12,15H2,(H,45,48)(H2,43,44,47)(H3,39,40,41,42). The summed E-state index contributed by atoms with van der Waals surface area (Å²) in [6.45, 7) is 0.482. The number of halogens is 6. The molecule has 1 fully saturated rings. The van der Waals surface area contributed by atoms with E-state index in [1.165, 1.54) is 59.8 Å². The van der Waals surface area contributed by atoms with Crippen molar-refractivity contribution in [3.8, 4) is 0 Å². The summed E-state index contributed by atoms with van der Waals surface area (Å²) in [6, 6.07) is 12.8. The van der Waals surface area contributed by atoms with Crippen LogP contribution < -0.4 is 27.0 Å². The summed E-state index contributed by atoms with van der Waals surface area (Å²) < 4.78 is 78.1. The Morgan fingerprint density at radius 1 is 0.812 bits per heavy atom. The number of amides is 4. The van der Waals surface area contributed by atoms with E-state index in [0.717, 1.165) is 24.3 Å². The maximum atomic E-state index is 13.0. The number of likely N-dealkylation sites (tertiary alicyclic amines) is 1. The molecule has 4 amide bonds. The monoisotopic (exact) mass is 671 g/mol. The molecule has 3 aromatic carbocycles. The number of nitrogens with zero attached hydrogens (tertiary/aromatic N) is 3. The number of urea groups is 2. The van der Waals surface area contributed by atoms with Crippen molar-refractivity contribution in [1.29, 1.82) is 5.41 Å². The molecule has 1 aliphatic heterocycles. The highest BCUT2D eigenvalue weighted by atomic mass is 19.4. The minimum Gasteiger partial charge on any atom is -0.383 e. The quantitative estimate of drug-likeness (QED) is 0.0928. The highest BCUT2D eigenvalue weighted by Gasteiger charge is 2.32. The van der Waals surface area contributed by atoms with E-state index in [1.807, 2.05) is 0 Å². The zero-order chi connectivity index (χ0) is 34.6. The van der Waals surface area contributed by atoms with Gasteiger partial charge in [-0.1, -0.05) is 24.3 Å². The summed E-state index contributed by atoms with van der Waals surface area (Å²) in [5.41, 5.74) is 5.05. The summed E-state index contributed by atoms with van der Waals surface area (Å²) in [7, 11) is 0. The summed E-state index contributed by atoms with van der Waals surface area (Å²) >= 11 is 0. The molecule has 7 N–H and O–H groups in total. The van der Waals surface area contributed by atoms with Crippen molar-refractivity contribution in [3.63, 3.8) is 0 Å². The van der Waals surface area contributed by atoms with E-state index in [1.54, 1.807) is 0 Å². The van der Waals surface area contributed by atoms with E-state index in [4.69, 9.17) is 11.1 Å². The van der Waals surface area contributed by atoms with E-state index >= 15 is 0 Å². The molecule has 1 aliphatic rings. The molecular weight excluding hydrogens is 644 g/mol. The number of anilines is 5. The molecule has 2 heterocycles. The van der Waals surface area contributed by atoms with Crippen LogP contribution in [0.3, 0.4) is 0 Å². The van der Waals surface area contributed by atoms with Gasteiger partial charge in [0.15, 0.2) is 0 Å². The fraction of sp³-hybridized carbons (Fsp3) is 0.194. The maximum absolute atomic E-state index is 13.0. The number of hydrogen-bond acceptors (Lipinski definition) is 7. The lowest BCUT2D eigenvalue weighted by Gasteiger charge is -2.20. The smallest absolute Gasteiger partial charge is 0.383 e. The average molecular weight is 672 g/mol. The largest absolute Gasteiger partial charge is 0.416 e. The van der Waals surface area contributed by atoms with Crippen molar-refractivity contribution >= 4 is 46.5 Å². The van der Waals surface area contributed by atoms with Gasteiger partial charge in [0.05, 0.1) is 22.4 Å².